The molecular formula is C29H36N2O5. The number of esters is 1. The summed E-state index contributed by atoms with van der Waals surface area (Å²) in [5.74, 6) is 0.360. The summed E-state index contributed by atoms with van der Waals surface area (Å²) in [6, 6.07) is 17.5. The third kappa shape index (κ3) is 6.08. The Morgan fingerprint density at radius 3 is 2.64 bits per heavy atom. The zero-order valence-electron chi connectivity index (χ0n) is 21.4. The number of carbonyl (C=O) groups is 2. The molecule has 4 rings (SSSR count). The number of methoxy groups -OCH3 is 1. The van der Waals surface area contributed by atoms with E-state index in [0.29, 0.717) is 31.8 Å². The number of ether oxygens (including phenoxy) is 3. The fourth-order valence-corrected chi connectivity index (χ4v) is 5.06. The Bertz CT molecular complexity index is 1080. The van der Waals surface area contributed by atoms with Gasteiger partial charge in [-0.2, -0.15) is 0 Å². The van der Waals surface area contributed by atoms with Gasteiger partial charge < -0.3 is 24.4 Å². The molecule has 0 radical (unpaired) electrons. The summed E-state index contributed by atoms with van der Waals surface area (Å²) in [6.07, 6.45) is 3.11. The second kappa shape index (κ2) is 12.1. The maximum absolute atomic E-state index is 13.1. The molecule has 2 aromatic carbocycles. The van der Waals surface area contributed by atoms with E-state index in [0.717, 1.165) is 41.7 Å². The van der Waals surface area contributed by atoms with Gasteiger partial charge in [0.05, 0.1) is 24.8 Å². The summed E-state index contributed by atoms with van der Waals surface area (Å²) in [6.45, 7) is 5.59. The number of carbonyl (C=O) groups excluding carboxylic acids is 2. The van der Waals surface area contributed by atoms with Gasteiger partial charge in [0, 0.05) is 19.2 Å². The van der Waals surface area contributed by atoms with Gasteiger partial charge in [-0.15, -0.1) is 0 Å². The molecule has 0 aromatic heterocycles. The number of urea groups is 1. The van der Waals surface area contributed by atoms with Crippen LogP contribution >= 0.6 is 0 Å². The Balaban J connectivity index is 1.51. The summed E-state index contributed by atoms with van der Waals surface area (Å²) in [5.41, 5.74) is 3.54. The van der Waals surface area contributed by atoms with E-state index >= 15 is 0 Å². The lowest BCUT2D eigenvalue weighted by atomic mass is 9.88. The number of benzene rings is 2. The minimum atomic E-state index is -0.380. The molecule has 0 saturated carbocycles. The van der Waals surface area contributed by atoms with E-state index in [1.165, 1.54) is 7.11 Å². The van der Waals surface area contributed by atoms with E-state index in [9.17, 15) is 9.59 Å². The molecule has 2 aliphatic heterocycles. The summed E-state index contributed by atoms with van der Waals surface area (Å²) >= 11 is 0. The SMILES string of the molecule is COC(=O)C1=C(c2cccc(OCc3ccccc3)c2)C[C@@H]2CC[C@H]1N2C(=O)NCCCOC(C)C. The van der Waals surface area contributed by atoms with Crippen molar-refractivity contribution in [2.75, 3.05) is 20.3 Å². The van der Waals surface area contributed by atoms with Gasteiger partial charge in [-0.05, 0) is 68.4 Å². The Hall–Kier alpha value is -3.32. The van der Waals surface area contributed by atoms with Gasteiger partial charge in [-0.3, -0.25) is 0 Å². The van der Waals surface area contributed by atoms with Crippen LogP contribution in [0.25, 0.3) is 5.57 Å². The van der Waals surface area contributed by atoms with Gasteiger partial charge in [0.1, 0.15) is 12.4 Å². The molecule has 0 unspecified atom stereocenters. The molecule has 7 heteroatoms. The Labute approximate surface area is 213 Å². The first kappa shape index (κ1) is 25.8. The second-order valence-electron chi connectivity index (χ2n) is 9.55. The number of rotatable bonds is 10. The molecule has 1 N–H and O–H groups in total. The van der Waals surface area contributed by atoms with Crippen molar-refractivity contribution in [1.29, 1.82) is 0 Å². The molecule has 2 amide bonds. The maximum Gasteiger partial charge on any atom is 0.336 e. The zero-order chi connectivity index (χ0) is 25.5. The van der Waals surface area contributed by atoms with Gasteiger partial charge in [-0.25, -0.2) is 9.59 Å². The molecular weight excluding hydrogens is 456 g/mol. The molecule has 7 nitrogen and oxygen atoms in total. The van der Waals surface area contributed by atoms with Crippen molar-refractivity contribution in [3.8, 4) is 5.75 Å². The topological polar surface area (TPSA) is 77.1 Å². The number of hydrogen-bond acceptors (Lipinski definition) is 5. The lowest BCUT2D eigenvalue weighted by molar-refractivity contribution is -0.136. The normalized spacial score (nSPS) is 18.9. The lowest BCUT2D eigenvalue weighted by Crippen LogP contribution is -2.51. The fraction of sp³-hybridized carbons (Fsp3) is 0.448. The van der Waals surface area contributed by atoms with Crippen LogP contribution in [0.3, 0.4) is 0 Å². The Morgan fingerprint density at radius 2 is 1.89 bits per heavy atom. The first-order valence-electron chi connectivity index (χ1n) is 12.7. The smallest absolute Gasteiger partial charge is 0.336 e. The van der Waals surface area contributed by atoms with Gasteiger partial charge >= 0.3 is 12.0 Å². The summed E-state index contributed by atoms with van der Waals surface area (Å²) in [7, 11) is 1.40. The summed E-state index contributed by atoms with van der Waals surface area (Å²) < 4.78 is 16.8. The van der Waals surface area contributed by atoms with Crippen LogP contribution < -0.4 is 10.1 Å². The van der Waals surface area contributed by atoms with Crippen molar-refractivity contribution in [2.45, 2.75) is 64.3 Å². The molecule has 1 saturated heterocycles. The number of nitrogens with one attached hydrogen (secondary N) is 1. The van der Waals surface area contributed by atoms with Crippen LogP contribution in [0.4, 0.5) is 4.79 Å². The third-order valence-electron chi connectivity index (χ3n) is 6.72. The Kier molecular flexibility index (Phi) is 8.65. The molecule has 1 fully saturated rings. The van der Waals surface area contributed by atoms with E-state index in [-0.39, 0.29) is 30.2 Å². The minimum absolute atomic E-state index is 0.0409. The average Bonchev–Trinajstić information content (AvgIpc) is 3.20. The van der Waals surface area contributed by atoms with Crippen LogP contribution in [0.5, 0.6) is 5.75 Å². The van der Waals surface area contributed by atoms with Crippen molar-refractivity contribution >= 4 is 17.6 Å². The highest BCUT2D eigenvalue weighted by Gasteiger charge is 2.46. The molecule has 2 aromatic rings. The van der Waals surface area contributed by atoms with Gasteiger partial charge in [-0.1, -0.05) is 42.5 Å². The first-order chi connectivity index (χ1) is 17.5. The van der Waals surface area contributed by atoms with E-state index < -0.39 is 0 Å². The monoisotopic (exact) mass is 492 g/mol. The summed E-state index contributed by atoms with van der Waals surface area (Å²) in [5, 5.41) is 3.01. The van der Waals surface area contributed by atoms with Crippen LogP contribution in [0, 0.1) is 0 Å². The number of nitrogens with zero attached hydrogens (tertiary/aromatic N) is 1. The minimum Gasteiger partial charge on any atom is -0.489 e. The highest BCUT2D eigenvalue weighted by atomic mass is 16.5. The molecule has 2 heterocycles. The molecule has 0 spiro atoms. The molecule has 36 heavy (non-hydrogen) atoms. The Morgan fingerprint density at radius 1 is 1.08 bits per heavy atom. The summed E-state index contributed by atoms with van der Waals surface area (Å²) in [4.78, 5) is 27.9. The van der Waals surface area contributed by atoms with Gasteiger partial charge in [0.2, 0.25) is 0 Å². The number of hydrogen-bond donors (Lipinski definition) is 1. The largest absolute Gasteiger partial charge is 0.489 e. The van der Waals surface area contributed by atoms with E-state index in [1.54, 1.807) is 0 Å². The van der Waals surface area contributed by atoms with Crippen molar-refractivity contribution in [3.05, 3.63) is 71.3 Å². The predicted octanol–water partition coefficient (Wildman–Crippen LogP) is 4.95. The zero-order valence-corrected chi connectivity index (χ0v) is 21.4. The number of amides is 2. The first-order valence-corrected chi connectivity index (χ1v) is 12.7. The van der Waals surface area contributed by atoms with Crippen molar-refractivity contribution in [3.63, 3.8) is 0 Å². The van der Waals surface area contributed by atoms with Crippen molar-refractivity contribution < 1.29 is 23.8 Å². The second-order valence-corrected chi connectivity index (χ2v) is 9.55. The van der Waals surface area contributed by atoms with Gasteiger partial charge in [0.25, 0.3) is 0 Å². The standard InChI is InChI=1S/C29H36N2O5/c1-20(2)35-16-8-15-30-29(33)31-23-13-14-26(31)27(28(32)34-3)25(18-23)22-11-7-12-24(17-22)36-19-21-9-5-4-6-10-21/h4-7,9-12,17,20,23,26H,8,13-16,18-19H2,1-3H3,(H,30,33)/t23-,26+/m0/s1. The molecule has 2 bridgehead atoms. The lowest BCUT2D eigenvalue weighted by Gasteiger charge is -2.37. The van der Waals surface area contributed by atoms with E-state index in [4.69, 9.17) is 14.2 Å². The van der Waals surface area contributed by atoms with Crippen molar-refractivity contribution in [1.82, 2.24) is 10.2 Å². The highest BCUT2D eigenvalue weighted by molar-refractivity contribution is 6.01. The third-order valence-corrected chi connectivity index (χ3v) is 6.72. The number of fused-ring (bicyclic) bond motifs is 2. The van der Waals surface area contributed by atoms with Crippen LogP contribution in [-0.4, -0.2) is 55.3 Å². The van der Waals surface area contributed by atoms with Gasteiger partial charge in [0.15, 0.2) is 0 Å². The van der Waals surface area contributed by atoms with Crippen LogP contribution in [-0.2, 0) is 20.9 Å². The molecule has 192 valence electrons. The quantitative estimate of drug-likeness (QED) is 0.375. The maximum atomic E-state index is 13.1. The van der Waals surface area contributed by atoms with E-state index in [2.05, 4.69) is 5.32 Å². The highest BCUT2D eigenvalue weighted by Crippen LogP contribution is 2.44. The molecule has 2 aliphatic rings. The predicted molar refractivity (Wildman–Crippen MR) is 139 cm³/mol. The van der Waals surface area contributed by atoms with Crippen LogP contribution in [0.15, 0.2) is 60.2 Å². The van der Waals surface area contributed by atoms with Crippen LogP contribution in [0.1, 0.15) is 50.7 Å². The molecule has 2 atom stereocenters. The molecule has 0 aliphatic carbocycles. The fourth-order valence-electron chi connectivity index (χ4n) is 5.06. The van der Waals surface area contributed by atoms with Crippen LogP contribution in [0.2, 0.25) is 0 Å². The van der Waals surface area contributed by atoms with Crippen molar-refractivity contribution in [2.24, 2.45) is 0 Å². The van der Waals surface area contributed by atoms with E-state index in [1.807, 2.05) is 73.3 Å². The average molecular weight is 493 g/mol.